The fourth-order valence-corrected chi connectivity index (χ4v) is 1.99. The van der Waals surface area contributed by atoms with Crippen LogP contribution < -0.4 is 10.6 Å². The molecule has 5 heteroatoms. The van der Waals surface area contributed by atoms with Crippen LogP contribution in [0.4, 0.5) is 11.6 Å². The van der Waals surface area contributed by atoms with Gasteiger partial charge in [0, 0.05) is 18.1 Å². The van der Waals surface area contributed by atoms with E-state index in [1.807, 2.05) is 24.1 Å². The number of nitrogens with zero attached hydrogens (tertiary/aromatic N) is 3. The molecular formula is C12H13BrN4. The predicted molar refractivity (Wildman–Crippen MR) is 72.7 cm³/mol. The first-order chi connectivity index (χ1) is 8.15. The fourth-order valence-electron chi connectivity index (χ4n) is 1.54. The van der Waals surface area contributed by atoms with Gasteiger partial charge in [-0.2, -0.15) is 0 Å². The van der Waals surface area contributed by atoms with E-state index < -0.39 is 0 Å². The molecule has 0 aliphatic heterocycles. The van der Waals surface area contributed by atoms with Gasteiger partial charge >= 0.3 is 0 Å². The number of anilines is 2. The van der Waals surface area contributed by atoms with Crippen molar-refractivity contribution in [2.24, 2.45) is 0 Å². The Hall–Kier alpha value is -1.62. The topological polar surface area (TPSA) is 55.0 Å². The molecule has 0 aliphatic rings. The predicted octanol–water partition coefficient (Wildman–Crippen LogP) is 2.46. The van der Waals surface area contributed by atoms with Crippen LogP contribution in [-0.4, -0.2) is 17.0 Å². The summed E-state index contributed by atoms with van der Waals surface area (Å²) in [5.41, 5.74) is 6.81. The zero-order valence-electron chi connectivity index (χ0n) is 9.47. The Kier molecular flexibility index (Phi) is 3.58. The lowest BCUT2D eigenvalue weighted by atomic mass is 10.2. The van der Waals surface area contributed by atoms with Gasteiger partial charge in [-0.05, 0) is 17.7 Å². The van der Waals surface area contributed by atoms with Crippen molar-refractivity contribution in [3.05, 3.63) is 46.7 Å². The van der Waals surface area contributed by atoms with E-state index in [1.165, 1.54) is 11.8 Å². The van der Waals surface area contributed by atoms with Gasteiger partial charge in [-0.1, -0.05) is 28.1 Å². The maximum atomic E-state index is 5.61. The first kappa shape index (κ1) is 11.9. The van der Waals surface area contributed by atoms with Crippen molar-refractivity contribution in [2.75, 3.05) is 17.7 Å². The molecule has 1 aromatic heterocycles. The van der Waals surface area contributed by atoms with Crippen LogP contribution in [0.25, 0.3) is 0 Å². The molecule has 88 valence electrons. The summed E-state index contributed by atoms with van der Waals surface area (Å²) in [6.07, 6.45) is 3.24. The molecule has 0 radical (unpaired) electrons. The van der Waals surface area contributed by atoms with Crippen LogP contribution in [0.15, 0.2) is 41.1 Å². The van der Waals surface area contributed by atoms with E-state index in [1.54, 1.807) is 6.20 Å². The highest BCUT2D eigenvalue weighted by Gasteiger charge is 2.04. The van der Waals surface area contributed by atoms with Crippen molar-refractivity contribution >= 4 is 27.6 Å². The molecule has 17 heavy (non-hydrogen) atoms. The fraction of sp³-hybridized carbons (Fsp3) is 0.167. The minimum atomic E-state index is 0.434. The van der Waals surface area contributed by atoms with Gasteiger partial charge in [0.05, 0.1) is 12.4 Å². The zero-order chi connectivity index (χ0) is 12.3. The molecule has 2 rings (SSSR count). The standard InChI is InChI=1S/C12H13BrN4/c1-17(12-7-15-6-11(14)16-12)8-9-3-2-4-10(13)5-9/h2-7H,8H2,1H3,(H2,14,16). The van der Waals surface area contributed by atoms with Crippen molar-refractivity contribution < 1.29 is 0 Å². The maximum Gasteiger partial charge on any atom is 0.149 e. The summed E-state index contributed by atoms with van der Waals surface area (Å²) >= 11 is 3.45. The molecular weight excluding hydrogens is 280 g/mol. The van der Waals surface area contributed by atoms with Crippen LogP contribution in [0.3, 0.4) is 0 Å². The number of hydrogen-bond donors (Lipinski definition) is 1. The summed E-state index contributed by atoms with van der Waals surface area (Å²) < 4.78 is 1.07. The Balaban J connectivity index is 2.14. The van der Waals surface area contributed by atoms with Gasteiger partial charge in [-0.3, -0.25) is 4.98 Å². The lowest BCUT2D eigenvalue weighted by Crippen LogP contribution is -2.18. The van der Waals surface area contributed by atoms with Crippen molar-refractivity contribution in [3.8, 4) is 0 Å². The third-order valence-electron chi connectivity index (χ3n) is 2.34. The van der Waals surface area contributed by atoms with Crippen LogP contribution >= 0.6 is 15.9 Å². The average Bonchev–Trinajstić information content (AvgIpc) is 2.29. The summed E-state index contributed by atoms with van der Waals surface area (Å²) in [7, 11) is 1.96. The smallest absolute Gasteiger partial charge is 0.149 e. The Morgan fingerprint density at radius 2 is 2.18 bits per heavy atom. The maximum absolute atomic E-state index is 5.61. The lowest BCUT2D eigenvalue weighted by Gasteiger charge is -2.18. The van der Waals surface area contributed by atoms with Crippen LogP contribution in [-0.2, 0) is 6.54 Å². The quantitative estimate of drug-likeness (QED) is 0.944. The van der Waals surface area contributed by atoms with Gasteiger partial charge in [0.2, 0.25) is 0 Å². The highest BCUT2D eigenvalue weighted by Crippen LogP contribution is 2.16. The molecule has 0 atom stereocenters. The third-order valence-corrected chi connectivity index (χ3v) is 2.83. The number of nitrogen functional groups attached to an aromatic ring is 1. The van der Waals surface area contributed by atoms with Crippen molar-refractivity contribution in [2.45, 2.75) is 6.54 Å². The number of halogens is 1. The highest BCUT2D eigenvalue weighted by molar-refractivity contribution is 9.10. The highest BCUT2D eigenvalue weighted by atomic mass is 79.9. The summed E-state index contributed by atoms with van der Waals surface area (Å²) in [5.74, 6) is 1.20. The van der Waals surface area contributed by atoms with Crippen LogP contribution in [0.2, 0.25) is 0 Å². The van der Waals surface area contributed by atoms with Crippen LogP contribution in [0, 0.1) is 0 Å². The Bertz CT molecular complexity index is 515. The van der Waals surface area contributed by atoms with E-state index in [-0.39, 0.29) is 0 Å². The third kappa shape index (κ3) is 3.17. The molecule has 0 fully saturated rings. The largest absolute Gasteiger partial charge is 0.382 e. The van der Waals surface area contributed by atoms with Gasteiger partial charge in [-0.15, -0.1) is 0 Å². The number of aromatic nitrogens is 2. The second kappa shape index (κ2) is 5.14. The first-order valence-corrected chi connectivity index (χ1v) is 5.97. The van der Waals surface area contributed by atoms with Gasteiger partial charge in [0.15, 0.2) is 0 Å². The second-order valence-electron chi connectivity index (χ2n) is 3.79. The SMILES string of the molecule is CN(Cc1cccc(Br)c1)c1cncc(N)n1. The molecule has 0 saturated carbocycles. The monoisotopic (exact) mass is 292 g/mol. The molecule has 0 amide bonds. The summed E-state index contributed by atoms with van der Waals surface area (Å²) in [6.45, 7) is 0.761. The normalized spacial score (nSPS) is 10.2. The molecule has 0 aliphatic carbocycles. The van der Waals surface area contributed by atoms with Gasteiger partial charge in [0.25, 0.3) is 0 Å². The Morgan fingerprint density at radius 3 is 2.88 bits per heavy atom. The number of benzene rings is 1. The number of rotatable bonds is 3. The van der Waals surface area contributed by atoms with Gasteiger partial charge in [0.1, 0.15) is 11.6 Å². The minimum absolute atomic E-state index is 0.434. The number of hydrogen-bond acceptors (Lipinski definition) is 4. The molecule has 0 unspecified atom stereocenters. The van der Waals surface area contributed by atoms with E-state index in [4.69, 9.17) is 5.73 Å². The van der Waals surface area contributed by atoms with E-state index in [0.29, 0.717) is 5.82 Å². The van der Waals surface area contributed by atoms with Crippen molar-refractivity contribution in [3.63, 3.8) is 0 Å². The average molecular weight is 293 g/mol. The molecule has 1 aromatic carbocycles. The summed E-state index contributed by atoms with van der Waals surface area (Å²) in [6, 6.07) is 8.17. The van der Waals surface area contributed by atoms with Gasteiger partial charge < -0.3 is 10.6 Å². The Labute approximate surface area is 109 Å². The van der Waals surface area contributed by atoms with Crippen molar-refractivity contribution in [1.29, 1.82) is 0 Å². The molecule has 2 aromatic rings. The molecule has 0 saturated heterocycles. The Morgan fingerprint density at radius 1 is 1.35 bits per heavy atom. The number of nitrogens with two attached hydrogens (primary N) is 1. The zero-order valence-corrected chi connectivity index (χ0v) is 11.1. The van der Waals surface area contributed by atoms with Crippen LogP contribution in [0.5, 0.6) is 0 Å². The van der Waals surface area contributed by atoms with E-state index in [0.717, 1.165) is 16.8 Å². The van der Waals surface area contributed by atoms with E-state index in [9.17, 15) is 0 Å². The van der Waals surface area contributed by atoms with Gasteiger partial charge in [-0.25, -0.2) is 4.98 Å². The van der Waals surface area contributed by atoms with Crippen molar-refractivity contribution in [1.82, 2.24) is 9.97 Å². The summed E-state index contributed by atoms with van der Waals surface area (Å²) in [5, 5.41) is 0. The summed E-state index contributed by atoms with van der Waals surface area (Å²) in [4.78, 5) is 10.3. The minimum Gasteiger partial charge on any atom is -0.382 e. The van der Waals surface area contributed by atoms with E-state index >= 15 is 0 Å². The molecule has 1 heterocycles. The molecule has 4 nitrogen and oxygen atoms in total. The molecule has 2 N–H and O–H groups in total. The second-order valence-corrected chi connectivity index (χ2v) is 4.70. The molecule has 0 bridgehead atoms. The molecule has 0 spiro atoms. The lowest BCUT2D eigenvalue weighted by molar-refractivity contribution is 0.891. The van der Waals surface area contributed by atoms with Crippen LogP contribution in [0.1, 0.15) is 5.56 Å². The van der Waals surface area contributed by atoms with E-state index in [2.05, 4.69) is 38.0 Å². The first-order valence-electron chi connectivity index (χ1n) is 5.18.